The predicted molar refractivity (Wildman–Crippen MR) is 44.9 cm³/mol. The first kappa shape index (κ1) is 7.54. The van der Waals surface area contributed by atoms with Crippen LogP contribution >= 0.6 is 12.2 Å². The van der Waals surface area contributed by atoms with E-state index in [0.29, 0.717) is 0 Å². The maximum Gasteiger partial charge on any atom is 0.118 e. The maximum absolute atomic E-state index is 5.28. The molecule has 0 aromatic carbocycles. The number of hydrogen-bond acceptors (Lipinski definition) is 2. The van der Waals surface area contributed by atoms with Gasteiger partial charge in [0.2, 0.25) is 0 Å². The molecule has 0 radical (unpaired) electrons. The predicted octanol–water partition coefficient (Wildman–Crippen LogP) is 1.18. The molecule has 0 bridgehead atoms. The maximum atomic E-state index is 5.28. The number of ether oxygens (including phenoxy) is 1. The lowest BCUT2D eigenvalue weighted by molar-refractivity contribution is 0.217. The Kier molecular flexibility index (Phi) is 2.27. The Hall–Kier alpha value is -0.570. The Morgan fingerprint density at radius 2 is 2.50 bits per heavy atom. The van der Waals surface area contributed by atoms with Crippen molar-refractivity contribution in [3.05, 3.63) is 11.8 Å². The van der Waals surface area contributed by atoms with E-state index in [1.54, 1.807) is 0 Å². The molecule has 1 aliphatic rings. The van der Waals surface area contributed by atoms with Crippen LogP contribution in [0.4, 0.5) is 0 Å². The molecule has 0 aromatic rings. The zero-order chi connectivity index (χ0) is 7.56. The fourth-order valence-corrected chi connectivity index (χ4v) is 1.07. The van der Waals surface area contributed by atoms with Crippen molar-refractivity contribution in [2.24, 2.45) is 0 Å². The molecule has 1 rings (SSSR count). The average molecular weight is 157 g/mol. The summed E-state index contributed by atoms with van der Waals surface area (Å²) in [5.74, 6) is 0.981. The molecule has 1 aliphatic heterocycles. The molecule has 0 atom stereocenters. The topological polar surface area (TPSA) is 12.5 Å². The summed E-state index contributed by atoms with van der Waals surface area (Å²) in [5, 5.41) is 0. The molecule has 1 heterocycles. The molecular weight excluding hydrogens is 146 g/mol. The molecule has 3 heteroatoms. The fourth-order valence-electron chi connectivity index (χ4n) is 0.878. The van der Waals surface area contributed by atoms with E-state index in [1.807, 2.05) is 24.9 Å². The van der Waals surface area contributed by atoms with Gasteiger partial charge in [0.05, 0.1) is 13.2 Å². The lowest BCUT2D eigenvalue weighted by Gasteiger charge is -2.09. The highest BCUT2D eigenvalue weighted by Crippen LogP contribution is 2.10. The van der Waals surface area contributed by atoms with E-state index in [1.165, 1.54) is 0 Å². The van der Waals surface area contributed by atoms with Gasteiger partial charge < -0.3 is 9.64 Å². The molecule has 0 N–H and O–H groups in total. The van der Waals surface area contributed by atoms with Crippen molar-refractivity contribution in [1.82, 2.24) is 4.90 Å². The van der Waals surface area contributed by atoms with Gasteiger partial charge in [0.15, 0.2) is 0 Å². The summed E-state index contributed by atoms with van der Waals surface area (Å²) in [5.41, 5.74) is 0. The van der Waals surface area contributed by atoms with Crippen LogP contribution < -0.4 is 0 Å². The monoisotopic (exact) mass is 157 g/mol. The van der Waals surface area contributed by atoms with Gasteiger partial charge in [0.1, 0.15) is 10.7 Å². The molecule has 0 unspecified atom stereocenters. The highest BCUT2D eigenvalue weighted by atomic mass is 32.1. The zero-order valence-corrected chi connectivity index (χ0v) is 7.07. The Morgan fingerprint density at radius 3 is 2.90 bits per heavy atom. The van der Waals surface area contributed by atoms with Crippen LogP contribution in [0.15, 0.2) is 11.8 Å². The van der Waals surface area contributed by atoms with Crippen LogP contribution in [0.1, 0.15) is 6.92 Å². The van der Waals surface area contributed by atoms with Crippen LogP contribution in [0.2, 0.25) is 0 Å². The normalized spacial score (nSPS) is 17.6. The molecular formula is C7H11NOS. The minimum Gasteiger partial charge on any atom is -0.496 e. The lowest BCUT2D eigenvalue weighted by Crippen LogP contribution is -2.18. The van der Waals surface area contributed by atoms with Crippen molar-refractivity contribution < 1.29 is 4.74 Å². The van der Waals surface area contributed by atoms with Gasteiger partial charge in [-0.15, -0.1) is 0 Å². The minimum atomic E-state index is 0.724. The zero-order valence-electron chi connectivity index (χ0n) is 6.26. The molecule has 0 amide bonds. The van der Waals surface area contributed by atoms with E-state index >= 15 is 0 Å². The molecule has 0 saturated carbocycles. The van der Waals surface area contributed by atoms with E-state index in [-0.39, 0.29) is 0 Å². The standard InChI is InChI=1S/C7H11NOS/c1-3-9-6-4-7(10)8(2)5-6/h4H,3,5H2,1-2H3. The minimum absolute atomic E-state index is 0.724. The SMILES string of the molecule is CCOC1=CC(=S)N(C)C1. The van der Waals surface area contributed by atoms with E-state index in [2.05, 4.69) is 0 Å². The molecule has 0 aromatic heterocycles. The fraction of sp³-hybridized carbons (Fsp3) is 0.571. The van der Waals surface area contributed by atoms with Crippen LogP contribution in [-0.2, 0) is 4.74 Å². The van der Waals surface area contributed by atoms with Crippen molar-refractivity contribution in [3.63, 3.8) is 0 Å². The van der Waals surface area contributed by atoms with Gasteiger partial charge >= 0.3 is 0 Å². The first-order valence-corrected chi connectivity index (χ1v) is 3.73. The first-order valence-electron chi connectivity index (χ1n) is 3.32. The molecule has 2 nitrogen and oxygen atoms in total. The van der Waals surface area contributed by atoms with Crippen LogP contribution in [0, 0.1) is 0 Å². The van der Waals surface area contributed by atoms with E-state index < -0.39 is 0 Å². The number of likely N-dealkylation sites (N-methyl/N-ethyl adjacent to an activating group) is 1. The Morgan fingerprint density at radius 1 is 1.80 bits per heavy atom. The second-order valence-corrected chi connectivity index (χ2v) is 2.66. The van der Waals surface area contributed by atoms with E-state index in [0.717, 1.165) is 23.9 Å². The lowest BCUT2D eigenvalue weighted by atomic mass is 10.5. The van der Waals surface area contributed by atoms with Gasteiger partial charge in [-0.25, -0.2) is 0 Å². The number of rotatable bonds is 2. The van der Waals surface area contributed by atoms with Gasteiger partial charge in [0.25, 0.3) is 0 Å². The summed E-state index contributed by atoms with van der Waals surface area (Å²) in [6.07, 6.45) is 1.90. The molecule has 0 saturated heterocycles. The highest BCUT2D eigenvalue weighted by molar-refractivity contribution is 7.80. The first-order chi connectivity index (χ1) is 4.74. The van der Waals surface area contributed by atoms with Crippen molar-refractivity contribution in [1.29, 1.82) is 0 Å². The summed E-state index contributed by atoms with van der Waals surface area (Å²) >= 11 is 5.00. The van der Waals surface area contributed by atoms with Crippen LogP contribution in [0.3, 0.4) is 0 Å². The van der Waals surface area contributed by atoms with Crippen LogP contribution in [0.25, 0.3) is 0 Å². The third kappa shape index (κ3) is 1.48. The van der Waals surface area contributed by atoms with E-state index in [4.69, 9.17) is 17.0 Å². The van der Waals surface area contributed by atoms with Gasteiger partial charge in [-0.2, -0.15) is 0 Å². The van der Waals surface area contributed by atoms with Crippen molar-refractivity contribution in [2.75, 3.05) is 20.2 Å². The molecule has 10 heavy (non-hydrogen) atoms. The summed E-state index contributed by atoms with van der Waals surface area (Å²) < 4.78 is 5.28. The summed E-state index contributed by atoms with van der Waals surface area (Å²) in [4.78, 5) is 2.85. The van der Waals surface area contributed by atoms with Crippen molar-refractivity contribution in [2.45, 2.75) is 6.92 Å². The second-order valence-electron chi connectivity index (χ2n) is 2.24. The molecule has 0 fully saturated rings. The van der Waals surface area contributed by atoms with Gasteiger partial charge in [-0.1, -0.05) is 12.2 Å². The van der Waals surface area contributed by atoms with Crippen LogP contribution in [-0.4, -0.2) is 30.1 Å². The number of thiocarbonyl (C=S) groups is 1. The molecule has 0 spiro atoms. The largest absolute Gasteiger partial charge is 0.496 e. The Balaban J connectivity index is 2.50. The third-order valence-corrected chi connectivity index (χ3v) is 1.81. The van der Waals surface area contributed by atoms with Gasteiger partial charge in [-0.05, 0) is 6.92 Å². The van der Waals surface area contributed by atoms with Gasteiger partial charge in [0, 0.05) is 13.1 Å². The Bertz CT molecular complexity index is 176. The van der Waals surface area contributed by atoms with Crippen molar-refractivity contribution in [3.8, 4) is 0 Å². The van der Waals surface area contributed by atoms with Crippen LogP contribution in [0.5, 0.6) is 0 Å². The highest BCUT2D eigenvalue weighted by Gasteiger charge is 2.14. The summed E-state index contributed by atoms with van der Waals surface area (Å²) in [6, 6.07) is 0. The Labute approximate surface area is 66.5 Å². The molecule has 0 aliphatic carbocycles. The summed E-state index contributed by atoms with van der Waals surface area (Å²) in [6.45, 7) is 3.52. The third-order valence-electron chi connectivity index (χ3n) is 1.38. The molecule has 56 valence electrons. The van der Waals surface area contributed by atoms with Crippen molar-refractivity contribution >= 4 is 17.2 Å². The quantitative estimate of drug-likeness (QED) is 0.558. The smallest absolute Gasteiger partial charge is 0.118 e. The second kappa shape index (κ2) is 3.01. The average Bonchev–Trinajstić information content (AvgIpc) is 2.14. The number of nitrogens with zero attached hydrogens (tertiary/aromatic N) is 1. The number of hydrogen-bond donors (Lipinski definition) is 0. The van der Waals surface area contributed by atoms with E-state index in [9.17, 15) is 0 Å². The summed E-state index contributed by atoms with van der Waals surface area (Å²) in [7, 11) is 1.96. The van der Waals surface area contributed by atoms with Gasteiger partial charge in [-0.3, -0.25) is 0 Å².